The molecule has 96 valence electrons. The van der Waals surface area contributed by atoms with Crippen LogP contribution in [0.15, 0.2) is 36.4 Å². The molecule has 0 saturated carbocycles. The van der Waals surface area contributed by atoms with Gasteiger partial charge in [0.1, 0.15) is 11.5 Å². The number of anilines is 1. The number of nitrogen functional groups attached to an aromatic ring is 1. The Bertz CT molecular complexity index is 645. The van der Waals surface area contributed by atoms with Gasteiger partial charge in [-0.25, -0.2) is 0 Å². The molecular weight excluding hydrogens is 240 g/mol. The highest BCUT2D eigenvalue weighted by molar-refractivity contribution is 5.56. The molecule has 2 aromatic carbocycles. The van der Waals surface area contributed by atoms with Crippen molar-refractivity contribution in [2.24, 2.45) is 0 Å². The maximum atomic E-state index is 8.96. The number of nitrogens with two attached hydrogens (primary N) is 1. The number of hydrogen-bond donors (Lipinski definition) is 1. The van der Waals surface area contributed by atoms with Crippen LogP contribution < -0.4 is 15.2 Å². The number of rotatable bonds is 3. The zero-order valence-electron chi connectivity index (χ0n) is 10.8. The van der Waals surface area contributed by atoms with E-state index in [1.54, 1.807) is 31.4 Å². The minimum atomic E-state index is 0.473. The molecule has 0 aromatic heterocycles. The largest absolute Gasteiger partial charge is 0.497 e. The number of nitriles is 1. The lowest BCUT2D eigenvalue weighted by molar-refractivity contribution is 0.409. The molecule has 19 heavy (non-hydrogen) atoms. The molecule has 0 aliphatic carbocycles. The van der Waals surface area contributed by atoms with Gasteiger partial charge >= 0.3 is 0 Å². The SMILES string of the molecule is COc1cc(C#N)cc(Oc2cc(C)ccc2N)c1. The van der Waals surface area contributed by atoms with E-state index >= 15 is 0 Å². The molecule has 0 bridgehead atoms. The third-order valence-corrected chi connectivity index (χ3v) is 2.64. The average molecular weight is 254 g/mol. The van der Waals surface area contributed by atoms with Crippen molar-refractivity contribution in [3.05, 3.63) is 47.5 Å². The van der Waals surface area contributed by atoms with Crippen LogP contribution in [0, 0.1) is 18.3 Å². The van der Waals surface area contributed by atoms with Crippen LogP contribution in [0.3, 0.4) is 0 Å². The minimum absolute atomic E-state index is 0.473. The number of hydrogen-bond acceptors (Lipinski definition) is 4. The number of methoxy groups -OCH3 is 1. The normalized spacial score (nSPS) is 9.74. The molecule has 0 aliphatic rings. The summed E-state index contributed by atoms with van der Waals surface area (Å²) in [7, 11) is 1.54. The van der Waals surface area contributed by atoms with E-state index in [9.17, 15) is 0 Å². The van der Waals surface area contributed by atoms with E-state index in [-0.39, 0.29) is 0 Å². The van der Waals surface area contributed by atoms with Gasteiger partial charge < -0.3 is 15.2 Å². The molecule has 0 aliphatic heterocycles. The molecule has 0 amide bonds. The molecule has 4 nitrogen and oxygen atoms in total. The van der Waals surface area contributed by atoms with Crippen molar-refractivity contribution in [3.63, 3.8) is 0 Å². The molecule has 0 saturated heterocycles. The topological polar surface area (TPSA) is 68.3 Å². The Morgan fingerprint density at radius 2 is 1.84 bits per heavy atom. The van der Waals surface area contributed by atoms with Gasteiger partial charge in [0.05, 0.1) is 24.4 Å². The Hall–Kier alpha value is -2.67. The number of ether oxygens (including phenoxy) is 2. The molecule has 4 heteroatoms. The summed E-state index contributed by atoms with van der Waals surface area (Å²) in [5.74, 6) is 1.66. The third-order valence-electron chi connectivity index (χ3n) is 2.64. The van der Waals surface area contributed by atoms with Crippen LogP contribution >= 0.6 is 0 Å². The minimum Gasteiger partial charge on any atom is -0.497 e. The van der Waals surface area contributed by atoms with Crippen molar-refractivity contribution in [3.8, 4) is 23.3 Å². The summed E-state index contributed by atoms with van der Waals surface area (Å²) in [6.45, 7) is 1.96. The van der Waals surface area contributed by atoms with Gasteiger partial charge in [-0.15, -0.1) is 0 Å². The summed E-state index contributed by atoms with van der Waals surface area (Å²) in [4.78, 5) is 0. The van der Waals surface area contributed by atoms with E-state index in [0.29, 0.717) is 28.5 Å². The molecule has 2 N–H and O–H groups in total. The first-order valence-electron chi connectivity index (χ1n) is 5.75. The fourth-order valence-electron chi connectivity index (χ4n) is 1.67. The number of benzene rings is 2. The molecule has 0 fully saturated rings. The van der Waals surface area contributed by atoms with E-state index in [4.69, 9.17) is 20.5 Å². The number of nitrogens with zero attached hydrogens (tertiary/aromatic N) is 1. The van der Waals surface area contributed by atoms with Gasteiger partial charge in [-0.1, -0.05) is 6.07 Å². The lowest BCUT2D eigenvalue weighted by Crippen LogP contribution is -1.94. The zero-order chi connectivity index (χ0) is 13.8. The van der Waals surface area contributed by atoms with Gasteiger partial charge in [-0.2, -0.15) is 5.26 Å². The summed E-state index contributed by atoms with van der Waals surface area (Å²) in [5, 5.41) is 8.96. The van der Waals surface area contributed by atoms with Crippen LogP contribution in [-0.4, -0.2) is 7.11 Å². The van der Waals surface area contributed by atoms with Crippen LogP contribution in [0.25, 0.3) is 0 Å². The van der Waals surface area contributed by atoms with E-state index in [1.807, 2.05) is 19.1 Å². The van der Waals surface area contributed by atoms with Gasteiger partial charge in [-0.05, 0) is 36.8 Å². The van der Waals surface area contributed by atoms with Crippen molar-refractivity contribution < 1.29 is 9.47 Å². The van der Waals surface area contributed by atoms with E-state index < -0.39 is 0 Å². The van der Waals surface area contributed by atoms with Gasteiger partial charge in [0.15, 0.2) is 5.75 Å². The average Bonchev–Trinajstić information content (AvgIpc) is 2.42. The van der Waals surface area contributed by atoms with Crippen molar-refractivity contribution in [1.82, 2.24) is 0 Å². The standard InChI is InChI=1S/C15H14N2O2/c1-10-3-4-14(17)15(5-10)19-13-7-11(9-16)6-12(8-13)18-2/h3-8H,17H2,1-2H3. The maximum Gasteiger partial charge on any atom is 0.150 e. The molecule has 0 unspecified atom stereocenters. The summed E-state index contributed by atoms with van der Waals surface area (Å²) < 4.78 is 10.8. The highest BCUT2D eigenvalue weighted by Gasteiger charge is 2.06. The summed E-state index contributed by atoms with van der Waals surface area (Å²) >= 11 is 0. The zero-order valence-corrected chi connectivity index (χ0v) is 10.8. The molecule has 0 atom stereocenters. The van der Waals surface area contributed by atoms with Crippen molar-refractivity contribution >= 4 is 5.69 Å². The summed E-state index contributed by atoms with van der Waals surface area (Å²) in [5.41, 5.74) is 7.93. The lowest BCUT2D eigenvalue weighted by Gasteiger charge is -2.10. The van der Waals surface area contributed by atoms with Crippen molar-refractivity contribution in [2.75, 3.05) is 12.8 Å². The van der Waals surface area contributed by atoms with Crippen LogP contribution in [0.5, 0.6) is 17.2 Å². The van der Waals surface area contributed by atoms with Crippen LogP contribution in [0.4, 0.5) is 5.69 Å². The smallest absolute Gasteiger partial charge is 0.150 e. The second-order valence-electron chi connectivity index (χ2n) is 4.15. The molecule has 0 radical (unpaired) electrons. The summed E-state index contributed by atoms with van der Waals surface area (Å²) in [6, 6.07) is 12.6. The fraction of sp³-hybridized carbons (Fsp3) is 0.133. The molecule has 2 rings (SSSR count). The molecular formula is C15H14N2O2. The first-order valence-corrected chi connectivity index (χ1v) is 5.75. The molecule has 0 spiro atoms. The highest BCUT2D eigenvalue weighted by Crippen LogP contribution is 2.31. The summed E-state index contributed by atoms with van der Waals surface area (Å²) in [6.07, 6.45) is 0. The Morgan fingerprint density at radius 1 is 1.11 bits per heavy atom. The first kappa shape index (κ1) is 12.8. The quantitative estimate of drug-likeness (QED) is 0.854. The molecule has 0 heterocycles. The van der Waals surface area contributed by atoms with Crippen LogP contribution in [-0.2, 0) is 0 Å². The first-order chi connectivity index (χ1) is 9.12. The number of aryl methyl sites for hydroxylation is 1. The Morgan fingerprint density at radius 3 is 2.53 bits per heavy atom. The fourth-order valence-corrected chi connectivity index (χ4v) is 1.67. The van der Waals surface area contributed by atoms with E-state index in [2.05, 4.69) is 6.07 Å². The third kappa shape index (κ3) is 2.96. The maximum absolute atomic E-state index is 8.96. The van der Waals surface area contributed by atoms with Crippen LogP contribution in [0.2, 0.25) is 0 Å². The van der Waals surface area contributed by atoms with Gasteiger partial charge in [0.2, 0.25) is 0 Å². The van der Waals surface area contributed by atoms with Gasteiger partial charge in [0.25, 0.3) is 0 Å². The van der Waals surface area contributed by atoms with Crippen molar-refractivity contribution in [1.29, 1.82) is 5.26 Å². The van der Waals surface area contributed by atoms with E-state index in [1.165, 1.54) is 0 Å². The van der Waals surface area contributed by atoms with Gasteiger partial charge in [-0.3, -0.25) is 0 Å². The predicted octanol–water partition coefficient (Wildman–Crippen LogP) is 3.25. The Kier molecular flexibility index (Phi) is 3.58. The lowest BCUT2D eigenvalue weighted by atomic mass is 10.2. The Balaban J connectivity index is 2.38. The van der Waals surface area contributed by atoms with E-state index in [0.717, 1.165) is 5.56 Å². The van der Waals surface area contributed by atoms with Crippen LogP contribution in [0.1, 0.15) is 11.1 Å². The predicted molar refractivity (Wildman–Crippen MR) is 73.4 cm³/mol. The van der Waals surface area contributed by atoms with Gasteiger partial charge in [0, 0.05) is 6.07 Å². The highest BCUT2D eigenvalue weighted by atomic mass is 16.5. The molecule has 2 aromatic rings. The second-order valence-corrected chi connectivity index (χ2v) is 4.15. The Labute approximate surface area is 112 Å². The second kappa shape index (κ2) is 5.32. The monoisotopic (exact) mass is 254 g/mol. The van der Waals surface area contributed by atoms with Crippen molar-refractivity contribution in [2.45, 2.75) is 6.92 Å².